The van der Waals surface area contributed by atoms with E-state index >= 15 is 0 Å². The van der Waals surface area contributed by atoms with Gasteiger partial charge in [-0.3, -0.25) is 4.79 Å². The van der Waals surface area contributed by atoms with Gasteiger partial charge in [-0.25, -0.2) is 0 Å². The fraction of sp³-hybridized carbons (Fsp3) is 0.900. The summed E-state index contributed by atoms with van der Waals surface area (Å²) in [5, 5.41) is 2.64. The average Bonchev–Trinajstić information content (AvgIpc) is 2.47. The summed E-state index contributed by atoms with van der Waals surface area (Å²) < 4.78 is 35.4. The van der Waals surface area contributed by atoms with Gasteiger partial charge in [-0.2, -0.15) is 13.2 Å². The normalized spacial score (nSPS) is 26.7. The number of carbonyl (C=O) groups is 1. The molecule has 1 aliphatic rings. The number of hydrogen-bond donors (Lipinski definition) is 1. The largest absolute Gasteiger partial charge is 0.389 e. The van der Waals surface area contributed by atoms with Crippen molar-refractivity contribution in [2.24, 2.45) is 5.92 Å². The molecule has 1 fully saturated rings. The van der Waals surface area contributed by atoms with Crippen LogP contribution >= 0.6 is 0 Å². The maximum atomic E-state index is 11.8. The van der Waals surface area contributed by atoms with Crippen LogP contribution in [0.1, 0.15) is 39.0 Å². The number of alkyl halides is 3. The predicted octanol–water partition coefficient (Wildman–Crippen LogP) is 2.63. The Hall–Kier alpha value is -0.740. The van der Waals surface area contributed by atoms with Gasteiger partial charge < -0.3 is 5.32 Å². The first kappa shape index (κ1) is 12.3. The predicted molar refractivity (Wildman–Crippen MR) is 50.2 cm³/mol. The maximum absolute atomic E-state index is 11.8. The third kappa shape index (κ3) is 5.04. The molecule has 1 aliphatic carbocycles. The summed E-state index contributed by atoms with van der Waals surface area (Å²) in [7, 11) is 0. The Kier molecular flexibility index (Phi) is 3.99. The van der Waals surface area contributed by atoms with Crippen molar-refractivity contribution in [3.8, 4) is 0 Å². The van der Waals surface area contributed by atoms with E-state index in [-0.39, 0.29) is 6.04 Å². The van der Waals surface area contributed by atoms with Crippen molar-refractivity contribution in [2.45, 2.75) is 51.2 Å². The van der Waals surface area contributed by atoms with Crippen molar-refractivity contribution in [3.63, 3.8) is 0 Å². The monoisotopic (exact) mass is 223 g/mol. The smallest absolute Gasteiger partial charge is 0.353 e. The van der Waals surface area contributed by atoms with Crippen LogP contribution in [0, 0.1) is 5.92 Å². The highest BCUT2D eigenvalue weighted by Crippen LogP contribution is 2.25. The minimum absolute atomic E-state index is 0.0840. The molecule has 15 heavy (non-hydrogen) atoms. The quantitative estimate of drug-likeness (QED) is 0.783. The number of nitrogens with one attached hydrogen (secondary N) is 1. The van der Waals surface area contributed by atoms with Crippen LogP contribution in [0.5, 0.6) is 0 Å². The molecular formula is C10H16F3NO. The molecule has 0 aliphatic heterocycles. The van der Waals surface area contributed by atoms with Crippen molar-refractivity contribution in [1.29, 1.82) is 0 Å². The molecule has 88 valence electrons. The van der Waals surface area contributed by atoms with Gasteiger partial charge in [0.2, 0.25) is 5.91 Å². The first-order valence-corrected chi connectivity index (χ1v) is 5.23. The van der Waals surface area contributed by atoms with E-state index < -0.39 is 24.9 Å². The second-order valence-corrected chi connectivity index (χ2v) is 4.30. The summed E-state index contributed by atoms with van der Waals surface area (Å²) in [6.07, 6.45) is -2.89. The number of rotatable bonds is 3. The topological polar surface area (TPSA) is 29.1 Å². The van der Waals surface area contributed by atoms with Gasteiger partial charge >= 0.3 is 6.18 Å². The van der Waals surface area contributed by atoms with Crippen molar-refractivity contribution >= 4 is 5.91 Å². The molecule has 1 N–H and O–H groups in total. The van der Waals surface area contributed by atoms with E-state index in [1.807, 2.05) is 0 Å². The highest BCUT2D eigenvalue weighted by molar-refractivity contribution is 5.76. The van der Waals surface area contributed by atoms with Crippen LogP contribution in [0.4, 0.5) is 13.2 Å². The molecule has 1 amide bonds. The lowest BCUT2D eigenvalue weighted by Gasteiger charge is -2.12. The second kappa shape index (κ2) is 4.86. The number of carbonyl (C=O) groups excluding carboxylic acids is 1. The van der Waals surface area contributed by atoms with E-state index in [1.165, 1.54) is 0 Å². The molecule has 0 bridgehead atoms. The summed E-state index contributed by atoms with van der Waals surface area (Å²) in [6, 6.07) is 0.0840. The molecular weight excluding hydrogens is 207 g/mol. The van der Waals surface area contributed by atoms with Gasteiger partial charge in [-0.15, -0.1) is 0 Å². The minimum atomic E-state index is -4.24. The molecule has 0 spiro atoms. The first-order valence-electron chi connectivity index (χ1n) is 5.23. The SMILES string of the molecule is CC1CCC(NC(=O)CCC(F)(F)F)C1. The molecule has 0 aromatic rings. The second-order valence-electron chi connectivity index (χ2n) is 4.30. The Morgan fingerprint density at radius 2 is 2.07 bits per heavy atom. The van der Waals surface area contributed by atoms with Crippen LogP contribution in [0.2, 0.25) is 0 Å². The fourth-order valence-corrected chi connectivity index (χ4v) is 1.89. The van der Waals surface area contributed by atoms with E-state index in [1.54, 1.807) is 0 Å². The maximum Gasteiger partial charge on any atom is 0.389 e. The average molecular weight is 223 g/mol. The van der Waals surface area contributed by atoms with Crippen LogP contribution < -0.4 is 5.32 Å². The molecule has 0 aromatic heterocycles. The van der Waals surface area contributed by atoms with Crippen molar-refractivity contribution in [2.75, 3.05) is 0 Å². The van der Waals surface area contributed by atoms with Crippen LogP contribution in [0.3, 0.4) is 0 Å². The van der Waals surface area contributed by atoms with E-state index in [0.29, 0.717) is 5.92 Å². The van der Waals surface area contributed by atoms with Gasteiger partial charge in [-0.1, -0.05) is 6.92 Å². The highest BCUT2D eigenvalue weighted by atomic mass is 19.4. The molecule has 0 aromatic carbocycles. The summed E-state index contributed by atoms with van der Waals surface area (Å²) >= 11 is 0. The molecule has 0 heterocycles. The van der Waals surface area contributed by atoms with Gasteiger partial charge in [0, 0.05) is 12.5 Å². The summed E-state index contributed by atoms with van der Waals surface area (Å²) in [5.41, 5.74) is 0. The number of halogens is 3. The zero-order valence-electron chi connectivity index (χ0n) is 8.73. The minimum Gasteiger partial charge on any atom is -0.353 e. The molecule has 2 atom stereocenters. The molecule has 2 nitrogen and oxygen atoms in total. The lowest BCUT2D eigenvalue weighted by atomic mass is 10.1. The Morgan fingerprint density at radius 3 is 2.53 bits per heavy atom. The third-order valence-electron chi connectivity index (χ3n) is 2.70. The van der Waals surface area contributed by atoms with Gasteiger partial charge in [0.25, 0.3) is 0 Å². The molecule has 2 unspecified atom stereocenters. The standard InChI is InChI=1S/C10H16F3NO/c1-7-2-3-8(6-7)14-9(15)4-5-10(11,12)13/h7-8H,2-6H2,1H3,(H,14,15). The molecule has 1 saturated carbocycles. The highest BCUT2D eigenvalue weighted by Gasteiger charge is 2.29. The first-order chi connectivity index (χ1) is 6.87. The van der Waals surface area contributed by atoms with Crippen molar-refractivity contribution in [1.82, 2.24) is 5.32 Å². The fourth-order valence-electron chi connectivity index (χ4n) is 1.89. The van der Waals surface area contributed by atoms with E-state index in [4.69, 9.17) is 0 Å². The molecule has 1 rings (SSSR count). The third-order valence-corrected chi connectivity index (χ3v) is 2.70. The number of amides is 1. The summed E-state index contributed by atoms with van der Waals surface area (Å²) in [6.45, 7) is 2.09. The van der Waals surface area contributed by atoms with Crippen LogP contribution in [0.15, 0.2) is 0 Å². The van der Waals surface area contributed by atoms with Gasteiger partial charge in [0.1, 0.15) is 0 Å². The summed E-state index contributed by atoms with van der Waals surface area (Å²) in [4.78, 5) is 11.1. The van der Waals surface area contributed by atoms with E-state index in [9.17, 15) is 18.0 Å². The zero-order valence-corrected chi connectivity index (χ0v) is 8.73. The Morgan fingerprint density at radius 1 is 1.40 bits per heavy atom. The Balaban J connectivity index is 2.19. The van der Waals surface area contributed by atoms with Gasteiger partial charge in [0.15, 0.2) is 0 Å². The molecule has 0 saturated heterocycles. The zero-order chi connectivity index (χ0) is 11.5. The lowest BCUT2D eigenvalue weighted by Crippen LogP contribution is -2.33. The Bertz CT molecular complexity index is 227. The van der Waals surface area contributed by atoms with Crippen molar-refractivity contribution in [3.05, 3.63) is 0 Å². The van der Waals surface area contributed by atoms with E-state index in [2.05, 4.69) is 12.2 Å². The molecule has 5 heteroatoms. The van der Waals surface area contributed by atoms with Gasteiger partial charge in [-0.05, 0) is 25.2 Å². The molecule has 0 radical (unpaired) electrons. The van der Waals surface area contributed by atoms with Crippen LogP contribution in [0.25, 0.3) is 0 Å². The van der Waals surface area contributed by atoms with Gasteiger partial charge in [0.05, 0.1) is 6.42 Å². The van der Waals surface area contributed by atoms with Crippen molar-refractivity contribution < 1.29 is 18.0 Å². The Labute approximate surface area is 87.2 Å². The lowest BCUT2D eigenvalue weighted by molar-refractivity contribution is -0.144. The van der Waals surface area contributed by atoms with Crippen LogP contribution in [-0.4, -0.2) is 18.1 Å². The number of hydrogen-bond acceptors (Lipinski definition) is 1. The van der Waals surface area contributed by atoms with E-state index in [0.717, 1.165) is 19.3 Å². The summed E-state index contributed by atoms with van der Waals surface area (Å²) in [5.74, 6) is 0.0874. The van der Waals surface area contributed by atoms with Crippen LogP contribution in [-0.2, 0) is 4.79 Å².